The van der Waals surface area contributed by atoms with E-state index in [0.29, 0.717) is 16.6 Å². The SMILES string of the molecule is CCCn1nncc1C(NN)c1ccc(Br)cc1F. The summed E-state index contributed by atoms with van der Waals surface area (Å²) in [6.45, 7) is 2.75. The van der Waals surface area contributed by atoms with E-state index in [1.54, 1.807) is 23.0 Å². The largest absolute Gasteiger partial charge is 0.271 e. The van der Waals surface area contributed by atoms with Crippen molar-refractivity contribution in [3.05, 3.63) is 45.9 Å². The van der Waals surface area contributed by atoms with Crippen LogP contribution in [0.1, 0.15) is 30.6 Å². The van der Waals surface area contributed by atoms with Gasteiger partial charge in [0, 0.05) is 16.6 Å². The van der Waals surface area contributed by atoms with Crippen LogP contribution < -0.4 is 11.3 Å². The molecule has 1 aromatic heterocycles. The molecular formula is C12H15BrFN5. The van der Waals surface area contributed by atoms with Gasteiger partial charge in [0.05, 0.1) is 17.9 Å². The topological polar surface area (TPSA) is 68.8 Å². The quantitative estimate of drug-likeness (QED) is 0.652. The zero-order valence-electron chi connectivity index (χ0n) is 10.5. The first-order chi connectivity index (χ1) is 9.17. The van der Waals surface area contributed by atoms with E-state index in [9.17, 15) is 4.39 Å². The number of hydrazine groups is 1. The Morgan fingerprint density at radius 1 is 1.53 bits per heavy atom. The van der Waals surface area contributed by atoms with E-state index in [1.165, 1.54) is 6.07 Å². The number of rotatable bonds is 5. The maximum absolute atomic E-state index is 14.0. The van der Waals surface area contributed by atoms with E-state index < -0.39 is 6.04 Å². The summed E-state index contributed by atoms with van der Waals surface area (Å²) in [5.74, 6) is 5.24. The average molecular weight is 328 g/mol. The van der Waals surface area contributed by atoms with Crippen LogP contribution in [0, 0.1) is 5.82 Å². The second-order valence-electron chi connectivity index (χ2n) is 4.15. The highest BCUT2D eigenvalue weighted by atomic mass is 79.9. The predicted molar refractivity (Wildman–Crippen MR) is 73.6 cm³/mol. The molecule has 19 heavy (non-hydrogen) atoms. The van der Waals surface area contributed by atoms with Crippen LogP contribution in [-0.2, 0) is 6.54 Å². The zero-order valence-corrected chi connectivity index (χ0v) is 12.1. The minimum atomic E-state index is -0.477. The van der Waals surface area contributed by atoms with Crippen LogP contribution in [0.25, 0.3) is 0 Å². The second kappa shape index (κ2) is 6.23. The van der Waals surface area contributed by atoms with Gasteiger partial charge >= 0.3 is 0 Å². The fourth-order valence-electron chi connectivity index (χ4n) is 1.94. The standard InChI is InChI=1S/C12H15BrFN5/c1-2-5-19-11(7-16-18-19)12(17-15)9-4-3-8(13)6-10(9)14/h3-4,6-7,12,17H,2,5,15H2,1H3. The van der Waals surface area contributed by atoms with Gasteiger partial charge < -0.3 is 0 Å². The van der Waals surface area contributed by atoms with Crippen LogP contribution in [0.3, 0.4) is 0 Å². The molecule has 0 bridgehead atoms. The number of nitrogens with two attached hydrogens (primary N) is 1. The number of benzene rings is 1. The van der Waals surface area contributed by atoms with Crippen LogP contribution in [-0.4, -0.2) is 15.0 Å². The molecule has 1 unspecified atom stereocenters. The molecule has 0 aliphatic heterocycles. The van der Waals surface area contributed by atoms with Crippen LogP contribution in [0.15, 0.2) is 28.9 Å². The summed E-state index contributed by atoms with van der Waals surface area (Å²) in [6.07, 6.45) is 2.51. The average Bonchev–Trinajstić information content (AvgIpc) is 2.82. The Morgan fingerprint density at radius 3 is 2.95 bits per heavy atom. The van der Waals surface area contributed by atoms with E-state index in [0.717, 1.165) is 12.1 Å². The molecule has 0 aliphatic rings. The third kappa shape index (κ3) is 2.99. The van der Waals surface area contributed by atoms with Gasteiger partial charge in [-0.15, -0.1) is 5.10 Å². The number of nitrogens with zero attached hydrogens (tertiary/aromatic N) is 3. The molecule has 0 radical (unpaired) electrons. The first-order valence-corrected chi connectivity index (χ1v) is 6.76. The molecule has 0 aliphatic carbocycles. The van der Waals surface area contributed by atoms with Crippen molar-refractivity contribution in [3.63, 3.8) is 0 Å². The summed E-state index contributed by atoms with van der Waals surface area (Å²) in [5.41, 5.74) is 3.83. The number of nitrogens with one attached hydrogen (secondary N) is 1. The molecule has 1 heterocycles. The molecule has 0 fully saturated rings. The Labute approximate surface area is 119 Å². The minimum absolute atomic E-state index is 0.332. The molecule has 2 rings (SSSR count). The van der Waals surface area contributed by atoms with Gasteiger partial charge in [0.15, 0.2) is 0 Å². The molecule has 3 N–H and O–H groups in total. The summed E-state index contributed by atoms with van der Waals surface area (Å²) in [7, 11) is 0. The Hall–Kier alpha value is -1.31. The van der Waals surface area contributed by atoms with Gasteiger partial charge in [-0.05, 0) is 18.6 Å². The van der Waals surface area contributed by atoms with Crippen LogP contribution >= 0.6 is 15.9 Å². The second-order valence-corrected chi connectivity index (χ2v) is 5.06. The number of halogens is 2. The highest BCUT2D eigenvalue weighted by Crippen LogP contribution is 2.25. The van der Waals surface area contributed by atoms with Gasteiger partial charge in [0.1, 0.15) is 5.82 Å². The van der Waals surface area contributed by atoms with E-state index in [4.69, 9.17) is 5.84 Å². The van der Waals surface area contributed by atoms with Crippen molar-refractivity contribution >= 4 is 15.9 Å². The van der Waals surface area contributed by atoms with E-state index >= 15 is 0 Å². The summed E-state index contributed by atoms with van der Waals surface area (Å²) in [5, 5.41) is 7.85. The van der Waals surface area contributed by atoms with Crippen molar-refractivity contribution < 1.29 is 4.39 Å². The van der Waals surface area contributed by atoms with Crippen molar-refractivity contribution in [2.24, 2.45) is 5.84 Å². The highest BCUT2D eigenvalue weighted by Gasteiger charge is 2.21. The maximum Gasteiger partial charge on any atom is 0.129 e. The minimum Gasteiger partial charge on any atom is -0.271 e. The number of aryl methyl sites for hydroxylation is 1. The van der Waals surface area contributed by atoms with Gasteiger partial charge in [0.2, 0.25) is 0 Å². The first kappa shape index (κ1) is 14.1. The summed E-state index contributed by atoms with van der Waals surface area (Å²) in [6, 6.07) is 4.40. The normalized spacial score (nSPS) is 12.6. The lowest BCUT2D eigenvalue weighted by atomic mass is 10.0. The predicted octanol–water partition coefficient (Wildman–Crippen LogP) is 2.14. The van der Waals surface area contributed by atoms with Gasteiger partial charge in [-0.25, -0.2) is 14.5 Å². The van der Waals surface area contributed by atoms with Gasteiger partial charge in [0.25, 0.3) is 0 Å². The zero-order chi connectivity index (χ0) is 13.8. The first-order valence-electron chi connectivity index (χ1n) is 5.96. The molecule has 0 amide bonds. The Kier molecular flexibility index (Phi) is 4.62. The van der Waals surface area contributed by atoms with Crippen LogP contribution in [0.4, 0.5) is 4.39 Å². The monoisotopic (exact) mass is 327 g/mol. The summed E-state index contributed by atoms with van der Waals surface area (Å²) < 4.78 is 16.4. The summed E-state index contributed by atoms with van der Waals surface area (Å²) >= 11 is 3.23. The van der Waals surface area contributed by atoms with Crippen molar-refractivity contribution in [1.82, 2.24) is 20.4 Å². The maximum atomic E-state index is 14.0. The number of hydrogen-bond acceptors (Lipinski definition) is 4. The van der Waals surface area contributed by atoms with Crippen molar-refractivity contribution in [3.8, 4) is 0 Å². The third-order valence-corrected chi connectivity index (χ3v) is 3.31. The lowest BCUT2D eigenvalue weighted by Gasteiger charge is -2.18. The molecule has 1 aromatic carbocycles. The Morgan fingerprint density at radius 2 is 2.32 bits per heavy atom. The van der Waals surface area contributed by atoms with Crippen molar-refractivity contribution in [2.75, 3.05) is 0 Å². The molecule has 7 heteroatoms. The van der Waals surface area contributed by atoms with Crippen molar-refractivity contribution in [2.45, 2.75) is 25.9 Å². The van der Waals surface area contributed by atoms with Gasteiger partial charge in [-0.3, -0.25) is 5.84 Å². The molecule has 5 nitrogen and oxygen atoms in total. The number of aromatic nitrogens is 3. The van der Waals surface area contributed by atoms with E-state index in [-0.39, 0.29) is 5.82 Å². The lowest BCUT2D eigenvalue weighted by Crippen LogP contribution is -2.31. The molecule has 102 valence electrons. The van der Waals surface area contributed by atoms with Crippen molar-refractivity contribution in [1.29, 1.82) is 0 Å². The van der Waals surface area contributed by atoms with Gasteiger partial charge in [-0.1, -0.05) is 34.1 Å². The smallest absolute Gasteiger partial charge is 0.129 e. The molecular weight excluding hydrogens is 313 g/mol. The summed E-state index contributed by atoms with van der Waals surface area (Å²) in [4.78, 5) is 0. The molecule has 2 aromatic rings. The molecule has 0 saturated carbocycles. The van der Waals surface area contributed by atoms with E-state index in [2.05, 4.69) is 31.7 Å². The molecule has 0 spiro atoms. The highest BCUT2D eigenvalue weighted by molar-refractivity contribution is 9.10. The van der Waals surface area contributed by atoms with Crippen LogP contribution in [0.5, 0.6) is 0 Å². The Balaban J connectivity index is 2.41. The third-order valence-electron chi connectivity index (χ3n) is 2.82. The van der Waals surface area contributed by atoms with E-state index in [1.807, 2.05) is 6.92 Å². The molecule has 1 atom stereocenters. The fraction of sp³-hybridized carbons (Fsp3) is 0.333. The van der Waals surface area contributed by atoms with Gasteiger partial charge in [-0.2, -0.15) is 0 Å². The van der Waals surface area contributed by atoms with Crippen LogP contribution in [0.2, 0.25) is 0 Å². The Bertz CT molecular complexity index is 557. The molecule has 0 saturated heterocycles. The fourth-order valence-corrected chi connectivity index (χ4v) is 2.28. The lowest BCUT2D eigenvalue weighted by molar-refractivity contribution is 0.496. The number of hydrogen-bond donors (Lipinski definition) is 2.